The predicted octanol–water partition coefficient (Wildman–Crippen LogP) is 3.87. The minimum atomic E-state index is -4.39. The van der Waals surface area contributed by atoms with Crippen LogP contribution in [0.1, 0.15) is 71.6 Å². The van der Waals surface area contributed by atoms with E-state index in [0.717, 1.165) is 44.4 Å². The minimum Gasteiger partial charge on any atom is -0.393 e. The molecule has 0 unspecified atom stereocenters. The summed E-state index contributed by atoms with van der Waals surface area (Å²) in [5.41, 5.74) is 0.387. The lowest BCUT2D eigenvalue weighted by Crippen LogP contribution is -2.54. The highest BCUT2D eigenvalue weighted by Gasteiger charge is 2.60. The van der Waals surface area contributed by atoms with E-state index in [1.165, 1.54) is 19.3 Å². The zero-order chi connectivity index (χ0) is 18.0. The number of phosphoric acid groups is 1. The van der Waals surface area contributed by atoms with Crippen LogP contribution in [0, 0.1) is 34.5 Å². The van der Waals surface area contributed by atoms with E-state index in [2.05, 4.69) is 13.8 Å². The van der Waals surface area contributed by atoms with Crippen LogP contribution in [0.4, 0.5) is 0 Å². The second-order valence-corrected chi connectivity index (χ2v) is 11.0. The molecule has 4 saturated carbocycles. The molecule has 4 fully saturated rings. The molecule has 8 atom stereocenters. The lowest BCUT2D eigenvalue weighted by Gasteiger charge is -2.60. The molecule has 144 valence electrons. The van der Waals surface area contributed by atoms with Crippen molar-refractivity contribution in [2.24, 2.45) is 34.5 Å². The third-order valence-corrected chi connectivity index (χ3v) is 9.43. The molecule has 0 radical (unpaired) electrons. The van der Waals surface area contributed by atoms with E-state index in [-0.39, 0.29) is 23.0 Å². The first kappa shape index (κ1) is 18.4. The molecule has 0 aromatic rings. The Morgan fingerprint density at radius 2 is 1.60 bits per heavy atom. The van der Waals surface area contributed by atoms with Crippen LogP contribution in [-0.4, -0.2) is 27.1 Å². The van der Waals surface area contributed by atoms with Crippen molar-refractivity contribution in [3.63, 3.8) is 0 Å². The minimum absolute atomic E-state index is 0.116. The number of hydrogen-bond acceptors (Lipinski definition) is 3. The van der Waals surface area contributed by atoms with E-state index >= 15 is 0 Å². The highest BCUT2D eigenvalue weighted by Crippen LogP contribution is 2.66. The van der Waals surface area contributed by atoms with E-state index in [4.69, 9.17) is 14.3 Å². The molecule has 4 rings (SSSR count). The quantitative estimate of drug-likeness (QED) is 0.641. The summed E-state index contributed by atoms with van der Waals surface area (Å²) in [5, 5.41) is 10.5. The molecule has 0 aromatic heterocycles. The molecule has 0 saturated heterocycles. The van der Waals surface area contributed by atoms with Crippen LogP contribution < -0.4 is 0 Å². The zero-order valence-corrected chi connectivity index (χ0v) is 16.3. The Bertz CT molecular complexity index is 576. The fourth-order valence-electron chi connectivity index (χ4n) is 7.48. The van der Waals surface area contributed by atoms with Gasteiger partial charge in [-0.05, 0) is 92.3 Å². The molecule has 25 heavy (non-hydrogen) atoms. The Morgan fingerprint density at radius 1 is 0.920 bits per heavy atom. The summed E-state index contributed by atoms with van der Waals surface area (Å²) in [7, 11) is -4.39. The molecule has 0 aromatic carbocycles. The molecule has 6 heteroatoms. The maximum absolute atomic E-state index is 11.2. The largest absolute Gasteiger partial charge is 0.469 e. The predicted molar refractivity (Wildman–Crippen MR) is 94.7 cm³/mol. The van der Waals surface area contributed by atoms with E-state index < -0.39 is 7.82 Å². The molecule has 4 aliphatic carbocycles. The van der Waals surface area contributed by atoms with Crippen LogP contribution >= 0.6 is 7.82 Å². The Hall–Kier alpha value is 0.0700. The summed E-state index contributed by atoms with van der Waals surface area (Å²) in [6.07, 6.45) is 8.94. The van der Waals surface area contributed by atoms with Crippen molar-refractivity contribution >= 4 is 7.82 Å². The molecular formula is C19H33O5P. The number of aliphatic hydroxyl groups excluding tert-OH is 1. The van der Waals surface area contributed by atoms with Gasteiger partial charge in [0.2, 0.25) is 0 Å². The van der Waals surface area contributed by atoms with Gasteiger partial charge in [-0.2, -0.15) is 0 Å². The van der Waals surface area contributed by atoms with E-state index in [9.17, 15) is 9.67 Å². The highest BCUT2D eigenvalue weighted by molar-refractivity contribution is 7.46. The zero-order valence-electron chi connectivity index (χ0n) is 15.4. The van der Waals surface area contributed by atoms with Gasteiger partial charge in [0, 0.05) is 0 Å². The molecule has 4 aliphatic rings. The van der Waals surface area contributed by atoms with Crippen LogP contribution in [0.3, 0.4) is 0 Å². The third-order valence-electron chi connectivity index (χ3n) is 8.85. The van der Waals surface area contributed by atoms with Crippen molar-refractivity contribution in [2.45, 2.75) is 83.8 Å². The van der Waals surface area contributed by atoms with Crippen molar-refractivity contribution in [3.8, 4) is 0 Å². The lowest BCUT2D eigenvalue weighted by molar-refractivity contribution is -0.132. The van der Waals surface area contributed by atoms with Crippen LogP contribution in [0.5, 0.6) is 0 Å². The molecule has 0 spiro atoms. The Balaban J connectivity index is 1.52. The summed E-state index contributed by atoms with van der Waals surface area (Å²) in [6, 6.07) is 0. The first-order chi connectivity index (χ1) is 11.6. The molecule has 5 nitrogen and oxygen atoms in total. The van der Waals surface area contributed by atoms with E-state index in [1.54, 1.807) is 0 Å². The van der Waals surface area contributed by atoms with Gasteiger partial charge in [-0.1, -0.05) is 13.8 Å². The van der Waals surface area contributed by atoms with E-state index in [0.29, 0.717) is 17.8 Å². The van der Waals surface area contributed by atoms with Crippen molar-refractivity contribution in [1.82, 2.24) is 0 Å². The molecule has 0 aliphatic heterocycles. The van der Waals surface area contributed by atoms with Crippen LogP contribution in [0.15, 0.2) is 0 Å². The van der Waals surface area contributed by atoms with Gasteiger partial charge in [0.25, 0.3) is 0 Å². The number of aliphatic hydroxyl groups is 1. The standard InChI is InChI=1S/C19H33O5P/c1-18-9-7-13(24-25(21,22)23)11-12(18)3-4-14-15-5-6-17(20)19(15,2)10-8-16(14)18/h12-17,20H,3-11H2,1-2H3,(H2,21,22,23)/t12-,13+,14+,15+,16+,17+,18+,19+/m1/s1. The average Bonchev–Trinajstić information content (AvgIpc) is 2.82. The average molecular weight is 372 g/mol. The number of hydrogen-bond donors (Lipinski definition) is 3. The van der Waals surface area contributed by atoms with Crippen molar-refractivity contribution in [1.29, 1.82) is 0 Å². The van der Waals surface area contributed by atoms with Crippen molar-refractivity contribution < 1.29 is 24.0 Å². The smallest absolute Gasteiger partial charge is 0.393 e. The Labute approximate surface area is 150 Å². The van der Waals surface area contributed by atoms with Gasteiger partial charge in [0.1, 0.15) is 0 Å². The summed E-state index contributed by atoms with van der Waals surface area (Å²) in [6.45, 7) is 4.74. The maximum atomic E-state index is 11.2. The molecule has 0 amide bonds. The normalized spacial score (nSPS) is 53.0. The van der Waals surface area contributed by atoms with Gasteiger partial charge < -0.3 is 14.9 Å². The summed E-state index contributed by atoms with van der Waals surface area (Å²) < 4.78 is 16.2. The van der Waals surface area contributed by atoms with Gasteiger partial charge in [0.15, 0.2) is 0 Å². The molecular weight excluding hydrogens is 339 g/mol. The van der Waals surface area contributed by atoms with Crippen molar-refractivity contribution in [2.75, 3.05) is 0 Å². The Morgan fingerprint density at radius 3 is 2.32 bits per heavy atom. The topological polar surface area (TPSA) is 87.0 Å². The number of rotatable bonds is 2. The Kier molecular flexibility index (Phi) is 4.45. The SMILES string of the molecule is C[C@]12CC[C@H](OP(=O)(O)O)C[C@H]1CC[C@@H]1[C@@H]2CC[C@]2(C)[C@@H](O)CC[C@@H]12. The molecule has 0 bridgehead atoms. The van der Waals surface area contributed by atoms with Gasteiger partial charge in [-0.15, -0.1) is 0 Å². The number of phosphoric ester groups is 1. The van der Waals surface area contributed by atoms with Gasteiger partial charge >= 0.3 is 7.82 Å². The van der Waals surface area contributed by atoms with Gasteiger partial charge in [-0.25, -0.2) is 4.57 Å². The highest BCUT2D eigenvalue weighted by atomic mass is 31.2. The summed E-state index contributed by atoms with van der Waals surface area (Å²) in [5.74, 6) is 2.58. The first-order valence-corrected chi connectivity index (χ1v) is 11.6. The van der Waals surface area contributed by atoms with Crippen LogP contribution in [-0.2, 0) is 9.09 Å². The van der Waals surface area contributed by atoms with E-state index in [1.807, 2.05) is 0 Å². The second-order valence-electron chi connectivity index (χ2n) is 9.79. The third kappa shape index (κ3) is 2.95. The fourth-order valence-corrected chi connectivity index (χ4v) is 8.06. The lowest BCUT2D eigenvalue weighted by atomic mass is 9.45. The maximum Gasteiger partial charge on any atom is 0.469 e. The molecule has 3 N–H and O–H groups in total. The van der Waals surface area contributed by atoms with Gasteiger partial charge in [0.05, 0.1) is 12.2 Å². The van der Waals surface area contributed by atoms with Gasteiger partial charge in [-0.3, -0.25) is 4.52 Å². The van der Waals surface area contributed by atoms with Crippen molar-refractivity contribution in [3.05, 3.63) is 0 Å². The second kappa shape index (κ2) is 6.04. The summed E-state index contributed by atoms with van der Waals surface area (Å²) >= 11 is 0. The molecule has 0 heterocycles. The monoisotopic (exact) mass is 372 g/mol. The summed E-state index contributed by atoms with van der Waals surface area (Å²) in [4.78, 5) is 18.3. The van der Waals surface area contributed by atoms with Crippen LogP contribution in [0.2, 0.25) is 0 Å². The number of fused-ring (bicyclic) bond motifs is 5. The first-order valence-electron chi connectivity index (χ1n) is 10.1. The fraction of sp³-hybridized carbons (Fsp3) is 1.00. The van der Waals surface area contributed by atoms with Crippen LogP contribution in [0.25, 0.3) is 0 Å².